The van der Waals surface area contributed by atoms with Crippen molar-refractivity contribution in [2.45, 2.75) is 32.6 Å². The van der Waals surface area contributed by atoms with E-state index in [9.17, 15) is 0 Å². The first kappa shape index (κ1) is 18.0. The van der Waals surface area contributed by atoms with Gasteiger partial charge in [-0.1, -0.05) is 24.2 Å². The molecule has 1 aromatic heterocycles. The fourth-order valence-corrected chi connectivity index (χ4v) is 3.64. The van der Waals surface area contributed by atoms with Crippen LogP contribution in [0.1, 0.15) is 38.4 Å². The maximum atomic E-state index is 8.03. The van der Waals surface area contributed by atoms with Gasteiger partial charge in [-0.15, -0.1) is 0 Å². The Balaban J connectivity index is 1.60. The van der Waals surface area contributed by atoms with Crippen molar-refractivity contribution >= 4 is 32.8 Å². The Labute approximate surface area is 152 Å². The molecule has 1 saturated heterocycles. The number of benzene rings is 1. The Hall–Kier alpha value is -1.79. The molecule has 2 heterocycles. The van der Waals surface area contributed by atoms with Crippen LogP contribution in [-0.4, -0.2) is 41.2 Å². The molecule has 6 heteroatoms. The molecule has 2 aromatic rings. The first-order chi connectivity index (χ1) is 12.1. The van der Waals surface area contributed by atoms with E-state index in [4.69, 9.17) is 20.0 Å². The SMILES string of the molecule is CC(=N)SC(=N)c1cc2c(OCCCN3CCCCC3)cccc2o1. The number of hydrogen-bond acceptors (Lipinski definition) is 6. The summed E-state index contributed by atoms with van der Waals surface area (Å²) in [4.78, 5) is 2.52. The Kier molecular flexibility index (Phi) is 6.15. The van der Waals surface area contributed by atoms with Crippen LogP contribution in [0.3, 0.4) is 0 Å². The summed E-state index contributed by atoms with van der Waals surface area (Å²) in [5, 5.41) is 17.0. The van der Waals surface area contributed by atoms with Crippen molar-refractivity contribution in [3.8, 4) is 5.75 Å². The Bertz CT molecular complexity index is 750. The number of fused-ring (bicyclic) bond motifs is 1. The molecule has 1 fully saturated rings. The number of hydrogen-bond donors (Lipinski definition) is 2. The summed E-state index contributed by atoms with van der Waals surface area (Å²) < 4.78 is 11.7. The molecule has 1 aliphatic heterocycles. The van der Waals surface area contributed by atoms with Crippen LogP contribution in [-0.2, 0) is 0 Å². The second-order valence-electron chi connectivity index (χ2n) is 6.37. The molecule has 0 unspecified atom stereocenters. The average molecular weight is 359 g/mol. The average Bonchev–Trinajstić information content (AvgIpc) is 3.04. The summed E-state index contributed by atoms with van der Waals surface area (Å²) in [5.41, 5.74) is 0.719. The predicted octanol–water partition coefficient (Wildman–Crippen LogP) is 4.74. The smallest absolute Gasteiger partial charge is 0.160 e. The van der Waals surface area contributed by atoms with Crippen LogP contribution in [0.15, 0.2) is 28.7 Å². The molecule has 1 aromatic carbocycles. The number of rotatable bonds is 6. The maximum absolute atomic E-state index is 8.03. The number of piperidine rings is 1. The molecule has 0 spiro atoms. The summed E-state index contributed by atoms with van der Waals surface area (Å²) in [6, 6.07) is 7.58. The van der Waals surface area contributed by atoms with Gasteiger partial charge in [-0.25, -0.2) is 0 Å². The van der Waals surface area contributed by atoms with Gasteiger partial charge in [0.2, 0.25) is 0 Å². The molecular weight excluding hydrogens is 334 g/mol. The highest BCUT2D eigenvalue weighted by Crippen LogP contribution is 2.30. The molecule has 0 aliphatic carbocycles. The second-order valence-corrected chi connectivity index (χ2v) is 7.60. The third kappa shape index (κ3) is 4.86. The minimum Gasteiger partial charge on any atom is -0.493 e. The van der Waals surface area contributed by atoms with Crippen molar-refractivity contribution < 1.29 is 9.15 Å². The van der Waals surface area contributed by atoms with Crippen molar-refractivity contribution in [2.75, 3.05) is 26.2 Å². The van der Waals surface area contributed by atoms with Crippen LogP contribution < -0.4 is 4.74 Å². The van der Waals surface area contributed by atoms with Gasteiger partial charge in [0, 0.05) is 6.54 Å². The number of nitrogens with one attached hydrogen (secondary N) is 2. The molecule has 3 rings (SSSR count). The summed E-state index contributed by atoms with van der Waals surface area (Å²) in [6.07, 6.45) is 5.01. The largest absolute Gasteiger partial charge is 0.493 e. The monoisotopic (exact) mass is 359 g/mol. The molecule has 0 saturated carbocycles. The quantitative estimate of drug-likeness (QED) is 0.444. The van der Waals surface area contributed by atoms with Crippen LogP contribution in [0.4, 0.5) is 0 Å². The van der Waals surface area contributed by atoms with Crippen LogP contribution in [0, 0.1) is 10.8 Å². The number of thioether (sulfide) groups is 1. The third-order valence-corrected chi connectivity index (χ3v) is 5.04. The van der Waals surface area contributed by atoms with Crippen molar-refractivity contribution in [1.82, 2.24) is 4.90 Å². The van der Waals surface area contributed by atoms with E-state index < -0.39 is 0 Å². The van der Waals surface area contributed by atoms with E-state index in [0.29, 0.717) is 17.4 Å². The van der Waals surface area contributed by atoms with Crippen LogP contribution in [0.5, 0.6) is 5.75 Å². The van der Waals surface area contributed by atoms with Crippen LogP contribution in [0.2, 0.25) is 0 Å². The predicted molar refractivity (Wildman–Crippen MR) is 104 cm³/mol. The van der Waals surface area contributed by atoms with E-state index in [1.54, 1.807) is 6.92 Å². The van der Waals surface area contributed by atoms with Gasteiger partial charge >= 0.3 is 0 Å². The zero-order chi connectivity index (χ0) is 17.6. The van der Waals surface area contributed by atoms with E-state index in [0.717, 1.165) is 41.4 Å². The Morgan fingerprint density at radius 2 is 2.04 bits per heavy atom. The van der Waals surface area contributed by atoms with Crippen molar-refractivity contribution in [1.29, 1.82) is 10.8 Å². The van der Waals surface area contributed by atoms with Gasteiger partial charge in [-0.2, -0.15) is 0 Å². The minimum absolute atomic E-state index is 0.250. The number of ether oxygens (including phenoxy) is 1. The van der Waals surface area contributed by atoms with E-state index >= 15 is 0 Å². The molecule has 1 aliphatic rings. The lowest BCUT2D eigenvalue weighted by molar-refractivity contribution is 0.205. The topological polar surface area (TPSA) is 73.3 Å². The molecule has 2 N–H and O–H groups in total. The zero-order valence-corrected chi connectivity index (χ0v) is 15.5. The fourth-order valence-electron chi connectivity index (χ4n) is 3.13. The highest BCUT2D eigenvalue weighted by molar-refractivity contribution is 8.26. The van der Waals surface area contributed by atoms with Gasteiger partial charge in [-0.3, -0.25) is 10.8 Å². The summed E-state index contributed by atoms with van der Waals surface area (Å²) >= 11 is 1.09. The lowest BCUT2D eigenvalue weighted by Gasteiger charge is -2.26. The highest BCUT2D eigenvalue weighted by atomic mass is 32.2. The summed E-state index contributed by atoms with van der Waals surface area (Å²) in [6.45, 7) is 5.87. The van der Waals surface area contributed by atoms with Gasteiger partial charge in [0.05, 0.1) is 17.0 Å². The van der Waals surface area contributed by atoms with E-state index in [1.165, 1.54) is 32.4 Å². The summed E-state index contributed by atoms with van der Waals surface area (Å²) in [5.74, 6) is 1.28. The molecule has 0 bridgehead atoms. The first-order valence-electron chi connectivity index (χ1n) is 8.83. The molecule has 5 nitrogen and oxygen atoms in total. The van der Waals surface area contributed by atoms with E-state index in [2.05, 4.69) is 4.90 Å². The van der Waals surface area contributed by atoms with Gasteiger partial charge < -0.3 is 14.1 Å². The van der Waals surface area contributed by atoms with Crippen LogP contribution in [0.25, 0.3) is 11.0 Å². The van der Waals surface area contributed by atoms with Gasteiger partial charge in [-0.05, 0) is 57.5 Å². The van der Waals surface area contributed by atoms with Gasteiger partial charge in [0.15, 0.2) is 5.76 Å². The van der Waals surface area contributed by atoms with Crippen molar-refractivity contribution in [3.05, 3.63) is 30.0 Å². The molecule has 0 atom stereocenters. The third-order valence-electron chi connectivity index (χ3n) is 4.33. The maximum Gasteiger partial charge on any atom is 0.160 e. The van der Waals surface area contributed by atoms with Crippen molar-refractivity contribution in [2.24, 2.45) is 0 Å². The Morgan fingerprint density at radius 1 is 1.24 bits per heavy atom. The molecule has 0 radical (unpaired) electrons. The lowest BCUT2D eigenvalue weighted by Crippen LogP contribution is -2.31. The van der Waals surface area contributed by atoms with Crippen LogP contribution >= 0.6 is 11.8 Å². The Morgan fingerprint density at radius 3 is 2.80 bits per heavy atom. The highest BCUT2D eigenvalue weighted by Gasteiger charge is 2.14. The van der Waals surface area contributed by atoms with Gasteiger partial charge in [0.1, 0.15) is 16.4 Å². The number of nitrogens with zero attached hydrogens (tertiary/aromatic N) is 1. The fraction of sp³-hybridized carbons (Fsp3) is 0.474. The van der Waals surface area contributed by atoms with Crippen molar-refractivity contribution in [3.63, 3.8) is 0 Å². The summed E-state index contributed by atoms with van der Waals surface area (Å²) in [7, 11) is 0. The second kappa shape index (κ2) is 8.54. The number of furan rings is 1. The number of likely N-dealkylation sites (tertiary alicyclic amines) is 1. The zero-order valence-electron chi connectivity index (χ0n) is 14.6. The molecule has 134 valence electrons. The first-order valence-corrected chi connectivity index (χ1v) is 9.65. The van der Waals surface area contributed by atoms with E-state index in [-0.39, 0.29) is 5.04 Å². The molecule has 0 amide bonds. The van der Waals surface area contributed by atoms with E-state index in [1.807, 2.05) is 24.3 Å². The lowest BCUT2D eigenvalue weighted by atomic mass is 10.1. The molecular formula is C19H25N3O2S. The standard InChI is InChI=1S/C19H25N3O2S/c1-14(20)25-19(21)18-13-15-16(7-5-8-17(15)24-18)23-12-6-11-22-9-3-2-4-10-22/h5,7-8,13,20-21H,2-4,6,9-12H2,1H3. The molecule has 25 heavy (non-hydrogen) atoms. The van der Waals surface area contributed by atoms with Gasteiger partial charge in [0.25, 0.3) is 0 Å². The minimum atomic E-state index is 0.250. The normalized spacial score (nSPS) is 15.4.